The van der Waals surface area contributed by atoms with E-state index in [-0.39, 0.29) is 6.61 Å². The number of nitrogens with two attached hydrogens (primary N) is 1. The van der Waals surface area contributed by atoms with Crippen LogP contribution in [-0.2, 0) is 6.61 Å². The number of halogens is 3. The number of hydrogen-bond acceptors (Lipinski definition) is 2. The van der Waals surface area contributed by atoms with Gasteiger partial charge in [0, 0.05) is 22.2 Å². The lowest BCUT2D eigenvalue weighted by atomic mass is 10.1. The van der Waals surface area contributed by atoms with E-state index in [1.807, 2.05) is 0 Å². The van der Waals surface area contributed by atoms with E-state index in [1.165, 1.54) is 12.1 Å². The number of benzene rings is 2. The number of hydrogen-bond donors (Lipinski definition) is 1. The van der Waals surface area contributed by atoms with Crippen molar-refractivity contribution in [1.82, 2.24) is 0 Å². The fraction of sp³-hybridized carbons (Fsp3) is 0.0714. The topological polar surface area (TPSA) is 52.3 Å². The maximum absolute atomic E-state index is 13.3. The van der Waals surface area contributed by atoms with Gasteiger partial charge in [0.05, 0.1) is 4.47 Å². The van der Waals surface area contributed by atoms with Crippen molar-refractivity contribution >= 4 is 33.4 Å². The van der Waals surface area contributed by atoms with Gasteiger partial charge < -0.3 is 10.5 Å². The molecular weight excluding hydrogens is 349 g/mol. The van der Waals surface area contributed by atoms with Crippen molar-refractivity contribution in [2.75, 3.05) is 0 Å². The first-order valence-electron chi connectivity index (χ1n) is 5.63. The molecule has 0 aliphatic carbocycles. The van der Waals surface area contributed by atoms with E-state index in [1.54, 1.807) is 24.3 Å². The van der Waals surface area contributed by atoms with Crippen LogP contribution in [-0.4, -0.2) is 5.91 Å². The van der Waals surface area contributed by atoms with Gasteiger partial charge in [-0.05, 0) is 40.2 Å². The Balaban J connectivity index is 2.10. The van der Waals surface area contributed by atoms with Gasteiger partial charge in [0.1, 0.15) is 18.2 Å². The Hall–Kier alpha value is -1.59. The molecule has 2 rings (SSSR count). The predicted octanol–water partition coefficient (Wildman–Crippen LogP) is 3.92. The van der Waals surface area contributed by atoms with E-state index in [9.17, 15) is 9.18 Å². The average Bonchev–Trinajstić information content (AvgIpc) is 2.41. The highest BCUT2D eigenvalue weighted by Crippen LogP contribution is 2.23. The Labute approximate surface area is 128 Å². The molecule has 0 aromatic heterocycles. The number of carbonyl (C=O) groups is 1. The summed E-state index contributed by atoms with van der Waals surface area (Å²) in [5.74, 6) is -0.562. The molecule has 6 heteroatoms. The van der Waals surface area contributed by atoms with Crippen molar-refractivity contribution in [2.45, 2.75) is 6.61 Å². The number of amides is 1. The molecule has 0 unspecified atom stereocenters. The molecule has 2 aromatic carbocycles. The van der Waals surface area contributed by atoms with E-state index >= 15 is 0 Å². The van der Waals surface area contributed by atoms with Gasteiger partial charge in [0.2, 0.25) is 5.91 Å². The third kappa shape index (κ3) is 3.49. The van der Waals surface area contributed by atoms with Crippen LogP contribution in [0.2, 0.25) is 5.02 Å². The predicted molar refractivity (Wildman–Crippen MR) is 78.4 cm³/mol. The van der Waals surface area contributed by atoms with E-state index in [4.69, 9.17) is 22.1 Å². The average molecular weight is 359 g/mol. The third-order valence-electron chi connectivity index (χ3n) is 2.62. The molecule has 0 saturated carbocycles. The minimum absolute atomic E-state index is 0.166. The number of ether oxygens (including phenoxy) is 1. The van der Waals surface area contributed by atoms with Crippen molar-refractivity contribution < 1.29 is 13.9 Å². The van der Waals surface area contributed by atoms with Crippen LogP contribution < -0.4 is 10.5 Å². The van der Waals surface area contributed by atoms with Crippen LogP contribution >= 0.6 is 27.5 Å². The summed E-state index contributed by atoms with van der Waals surface area (Å²) in [4.78, 5) is 11.0. The Morgan fingerprint density at radius 3 is 2.65 bits per heavy atom. The van der Waals surface area contributed by atoms with Gasteiger partial charge in [0.25, 0.3) is 0 Å². The first kappa shape index (κ1) is 14.8. The normalized spacial score (nSPS) is 10.3. The zero-order valence-corrected chi connectivity index (χ0v) is 12.5. The van der Waals surface area contributed by atoms with Crippen molar-refractivity contribution in [1.29, 1.82) is 0 Å². The van der Waals surface area contributed by atoms with E-state index in [0.717, 1.165) is 0 Å². The highest BCUT2D eigenvalue weighted by molar-refractivity contribution is 9.10. The van der Waals surface area contributed by atoms with Crippen LogP contribution in [0.4, 0.5) is 4.39 Å². The van der Waals surface area contributed by atoms with Gasteiger partial charge in [-0.15, -0.1) is 0 Å². The van der Waals surface area contributed by atoms with Crippen molar-refractivity contribution in [3.05, 3.63) is 62.8 Å². The Kier molecular flexibility index (Phi) is 4.62. The Morgan fingerprint density at radius 2 is 2.05 bits per heavy atom. The molecule has 0 aliphatic rings. The second kappa shape index (κ2) is 6.24. The van der Waals surface area contributed by atoms with Crippen molar-refractivity contribution in [2.24, 2.45) is 5.73 Å². The van der Waals surface area contributed by atoms with Gasteiger partial charge in [-0.2, -0.15) is 0 Å². The molecule has 104 valence electrons. The molecule has 0 heterocycles. The van der Waals surface area contributed by atoms with Crippen molar-refractivity contribution in [3.63, 3.8) is 0 Å². The Bertz CT molecular complexity index is 664. The van der Waals surface area contributed by atoms with Crippen LogP contribution in [0.15, 0.2) is 40.9 Å². The SMILES string of the molecule is NC(=O)c1ccc(COc2ccc(Br)c(F)c2)c(Cl)c1. The van der Waals surface area contributed by atoms with Crippen LogP contribution in [0.3, 0.4) is 0 Å². The molecule has 2 N–H and O–H groups in total. The second-order valence-electron chi connectivity index (χ2n) is 4.04. The van der Waals surface area contributed by atoms with Crippen LogP contribution in [0, 0.1) is 5.82 Å². The van der Waals surface area contributed by atoms with Gasteiger partial charge in [0.15, 0.2) is 0 Å². The zero-order chi connectivity index (χ0) is 14.7. The Morgan fingerprint density at radius 1 is 1.30 bits per heavy atom. The fourth-order valence-corrected chi connectivity index (χ4v) is 2.03. The highest BCUT2D eigenvalue weighted by atomic mass is 79.9. The summed E-state index contributed by atoms with van der Waals surface area (Å²) in [6, 6.07) is 9.16. The molecule has 0 atom stereocenters. The summed E-state index contributed by atoms with van der Waals surface area (Å²) in [6.07, 6.45) is 0. The molecule has 2 aromatic rings. The molecular formula is C14H10BrClFNO2. The fourth-order valence-electron chi connectivity index (χ4n) is 1.55. The molecule has 20 heavy (non-hydrogen) atoms. The maximum Gasteiger partial charge on any atom is 0.248 e. The van der Waals surface area contributed by atoms with Gasteiger partial charge in [-0.25, -0.2) is 4.39 Å². The number of rotatable bonds is 4. The molecule has 0 bridgehead atoms. The lowest BCUT2D eigenvalue weighted by molar-refractivity contribution is 0.1000. The number of carbonyl (C=O) groups excluding carboxylic acids is 1. The molecule has 0 radical (unpaired) electrons. The minimum Gasteiger partial charge on any atom is -0.489 e. The summed E-state index contributed by atoms with van der Waals surface area (Å²) in [5, 5.41) is 0.374. The summed E-state index contributed by atoms with van der Waals surface area (Å²) in [7, 11) is 0. The highest BCUT2D eigenvalue weighted by Gasteiger charge is 2.07. The molecule has 0 saturated heterocycles. The zero-order valence-electron chi connectivity index (χ0n) is 10.2. The number of primary amides is 1. The summed E-state index contributed by atoms with van der Waals surface area (Å²) in [6.45, 7) is 0.166. The molecule has 0 aliphatic heterocycles. The summed E-state index contributed by atoms with van der Waals surface area (Å²) >= 11 is 9.09. The van der Waals surface area contributed by atoms with Crippen molar-refractivity contribution in [3.8, 4) is 5.75 Å². The summed E-state index contributed by atoms with van der Waals surface area (Å²) in [5.41, 5.74) is 6.16. The van der Waals surface area contributed by atoms with Crippen LogP contribution in [0.1, 0.15) is 15.9 Å². The molecule has 3 nitrogen and oxygen atoms in total. The second-order valence-corrected chi connectivity index (χ2v) is 5.30. The third-order valence-corrected chi connectivity index (χ3v) is 3.62. The first-order chi connectivity index (χ1) is 9.47. The van der Waals surface area contributed by atoms with E-state index < -0.39 is 11.7 Å². The lowest BCUT2D eigenvalue weighted by Crippen LogP contribution is -2.11. The van der Waals surface area contributed by atoms with Crippen LogP contribution in [0.25, 0.3) is 0 Å². The van der Waals surface area contributed by atoms with E-state index in [2.05, 4.69) is 15.9 Å². The lowest BCUT2D eigenvalue weighted by Gasteiger charge is -2.09. The minimum atomic E-state index is -0.547. The standard InChI is InChI=1S/C14H10BrClFNO2/c15-11-4-3-10(6-13(11)17)20-7-9-2-1-8(14(18)19)5-12(9)16/h1-6H,7H2,(H2,18,19). The molecule has 1 amide bonds. The van der Waals surface area contributed by atoms with E-state index in [0.29, 0.717) is 26.4 Å². The van der Waals surface area contributed by atoms with Crippen LogP contribution in [0.5, 0.6) is 5.75 Å². The summed E-state index contributed by atoms with van der Waals surface area (Å²) < 4.78 is 19.1. The smallest absolute Gasteiger partial charge is 0.248 e. The largest absolute Gasteiger partial charge is 0.489 e. The van der Waals surface area contributed by atoms with Gasteiger partial charge in [-0.1, -0.05) is 17.7 Å². The molecule has 0 spiro atoms. The maximum atomic E-state index is 13.3. The monoisotopic (exact) mass is 357 g/mol. The molecule has 0 fully saturated rings. The first-order valence-corrected chi connectivity index (χ1v) is 6.80. The van der Waals surface area contributed by atoms with Gasteiger partial charge >= 0.3 is 0 Å². The quantitative estimate of drug-likeness (QED) is 0.900. The van der Waals surface area contributed by atoms with Gasteiger partial charge in [-0.3, -0.25) is 4.79 Å².